The van der Waals surface area contributed by atoms with Crippen LogP contribution in [0.1, 0.15) is 33.6 Å². The van der Waals surface area contributed by atoms with Crippen molar-refractivity contribution < 1.29 is 30.0 Å². The molecule has 4 aliphatic rings. The number of ether oxygens (including phenoxy) is 1. The second-order valence-electron chi connectivity index (χ2n) is 9.51. The van der Waals surface area contributed by atoms with Gasteiger partial charge in [-0.1, -0.05) is 20.8 Å². The van der Waals surface area contributed by atoms with E-state index in [0.29, 0.717) is 0 Å². The first-order valence-electron chi connectivity index (χ1n) is 8.95. The monoisotopic (exact) mass is 372 g/mol. The number of aliphatic hydroxyl groups is 4. The summed E-state index contributed by atoms with van der Waals surface area (Å²) in [5, 5.41) is 42.9. The number of hydrogen-bond acceptors (Lipinski definition) is 7. The zero-order valence-corrected chi connectivity index (χ0v) is 15.9. The lowest BCUT2D eigenvalue weighted by Crippen LogP contribution is -2.83. The Bertz CT molecular complexity index is 625. The Morgan fingerprint density at radius 2 is 1.88 bits per heavy atom. The smallest absolute Gasteiger partial charge is 0.321 e. The summed E-state index contributed by atoms with van der Waals surface area (Å²) in [4.78, 5) is 12.3. The molecule has 0 aromatic carbocycles. The summed E-state index contributed by atoms with van der Waals surface area (Å²) in [6.07, 6.45) is -0.258. The lowest BCUT2D eigenvalue weighted by molar-refractivity contribution is -0.328. The highest BCUT2D eigenvalue weighted by molar-refractivity contribution is 8.02. The predicted octanol–water partition coefficient (Wildman–Crippen LogP) is 0.161. The van der Waals surface area contributed by atoms with Gasteiger partial charge in [0, 0.05) is 11.3 Å². The minimum Gasteiger partial charge on any atom is -0.468 e. The third-order valence-electron chi connectivity index (χ3n) is 7.80. The van der Waals surface area contributed by atoms with E-state index in [-0.39, 0.29) is 23.9 Å². The molecule has 1 aliphatic heterocycles. The number of fused-ring (bicyclic) bond motifs is 2. The van der Waals surface area contributed by atoms with Crippen LogP contribution in [0.2, 0.25) is 0 Å². The van der Waals surface area contributed by atoms with E-state index < -0.39 is 45.1 Å². The number of rotatable bonds is 2. The largest absolute Gasteiger partial charge is 0.468 e. The van der Waals surface area contributed by atoms with Crippen molar-refractivity contribution in [1.82, 2.24) is 0 Å². The van der Waals surface area contributed by atoms with Crippen LogP contribution >= 0.6 is 11.8 Å². The number of methoxy groups -OCH3 is 1. The van der Waals surface area contributed by atoms with E-state index in [4.69, 9.17) is 4.74 Å². The summed E-state index contributed by atoms with van der Waals surface area (Å²) in [7, 11) is 1.25. The van der Waals surface area contributed by atoms with Gasteiger partial charge >= 0.3 is 5.97 Å². The third-order valence-corrected chi connectivity index (χ3v) is 9.65. The van der Waals surface area contributed by atoms with E-state index in [0.717, 1.165) is 24.6 Å². The molecule has 0 spiro atoms. The van der Waals surface area contributed by atoms with Gasteiger partial charge in [0.1, 0.15) is 10.9 Å². The van der Waals surface area contributed by atoms with E-state index >= 15 is 0 Å². The fourth-order valence-electron chi connectivity index (χ4n) is 7.02. The Labute approximate surface area is 151 Å². The average molecular weight is 372 g/mol. The Kier molecular flexibility index (Phi) is 3.56. The van der Waals surface area contributed by atoms with Crippen molar-refractivity contribution in [3.63, 3.8) is 0 Å². The first kappa shape index (κ1) is 18.0. The maximum Gasteiger partial charge on any atom is 0.321 e. The van der Waals surface area contributed by atoms with Crippen molar-refractivity contribution in [2.45, 2.75) is 61.4 Å². The van der Waals surface area contributed by atoms with Gasteiger partial charge in [0.05, 0.1) is 30.7 Å². The number of thioether (sulfide) groups is 1. The molecular formula is C18H28O6S. The van der Waals surface area contributed by atoms with Gasteiger partial charge in [0.25, 0.3) is 0 Å². The SMILES string of the molecule is COC(=O)[C@@H]1S[C@]2(CO)C3[C@@](C)(C4CC(C)(C)CC4[C@@H]2O)[C@H](O)[C@]31O. The van der Waals surface area contributed by atoms with E-state index in [1.807, 2.05) is 6.92 Å². The molecule has 0 amide bonds. The quantitative estimate of drug-likeness (QED) is 0.512. The topological polar surface area (TPSA) is 107 Å². The third kappa shape index (κ3) is 1.75. The fraction of sp³-hybridized carbons (Fsp3) is 0.944. The summed E-state index contributed by atoms with van der Waals surface area (Å²) in [5.41, 5.74) is -2.27. The summed E-state index contributed by atoms with van der Waals surface area (Å²) in [5.74, 6) is -1.18. The molecule has 3 saturated carbocycles. The normalized spacial score (nSPS) is 58.2. The van der Waals surface area contributed by atoms with Crippen molar-refractivity contribution in [3.05, 3.63) is 0 Å². The van der Waals surface area contributed by atoms with Gasteiger partial charge < -0.3 is 25.2 Å². The molecule has 0 radical (unpaired) electrons. The van der Waals surface area contributed by atoms with Gasteiger partial charge in [-0.25, -0.2) is 0 Å². The van der Waals surface area contributed by atoms with Crippen molar-refractivity contribution in [2.75, 3.05) is 13.7 Å². The molecule has 25 heavy (non-hydrogen) atoms. The van der Waals surface area contributed by atoms with E-state index in [1.54, 1.807) is 0 Å². The molecule has 6 nitrogen and oxygen atoms in total. The van der Waals surface area contributed by atoms with Gasteiger partial charge in [-0.3, -0.25) is 4.79 Å². The van der Waals surface area contributed by atoms with Gasteiger partial charge in [-0.15, -0.1) is 11.8 Å². The molecule has 0 aromatic rings. The van der Waals surface area contributed by atoms with Crippen molar-refractivity contribution in [1.29, 1.82) is 0 Å². The Morgan fingerprint density at radius 3 is 2.44 bits per heavy atom. The molecule has 4 N–H and O–H groups in total. The van der Waals surface area contributed by atoms with E-state index in [9.17, 15) is 25.2 Å². The molecule has 4 rings (SSSR count). The zero-order valence-electron chi connectivity index (χ0n) is 15.1. The van der Waals surface area contributed by atoms with Crippen LogP contribution in [0.4, 0.5) is 0 Å². The number of carbonyl (C=O) groups is 1. The van der Waals surface area contributed by atoms with Crippen LogP contribution < -0.4 is 0 Å². The van der Waals surface area contributed by atoms with Crippen LogP contribution in [-0.2, 0) is 9.53 Å². The van der Waals surface area contributed by atoms with Crippen LogP contribution in [-0.4, -0.2) is 67.9 Å². The van der Waals surface area contributed by atoms with Gasteiger partial charge in [0.15, 0.2) is 0 Å². The minimum absolute atomic E-state index is 0.0362. The maximum absolute atomic E-state index is 12.3. The summed E-state index contributed by atoms with van der Waals surface area (Å²) in [6, 6.07) is 0. The van der Waals surface area contributed by atoms with Crippen LogP contribution in [0, 0.1) is 28.6 Å². The van der Waals surface area contributed by atoms with Gasteiger partial charge in [-0.2, -0.15) is 0 Å². The van der Waals surface area contributed by atoms with E-state index in [2.05, 4.69) is 13.8 Å². The second kappa shape index (κ2) is 4.93. The van der Waals surface area contributed by atoms with E-state index in [1.165, 1.54) is 7.11 Å². The molecule has 0 bridgehead atoms. The lowest BCUT2D eigenvalue weighted by Gasteiger charge is -2.70. The molecule has 142 valence electrons. The second-order valence-corrected chi connectivity index (χ2v) is 11.0. The lowest BCUT2D eigenvalue weighted by atomic mass is 9.37. The molecule has 3 unspecified atom stereocenters. The Hall–Kier alpha value is -0.340. The maximum atomic E-state index is 12.3. The van der Waals surface area contributed by atoms with Crippen molar-refractivity contribution in [2.24, 2.45) is 28.6 Å². The van der Waals surface area contributed by atoms with Crippen LogP contribution in [0.15, 0.2) is 0 Å². The number of esters is 1. The average Bonchev–Trinajstić information content (AvgIpc) is 3.04. The highest BCUT2D eigenvalue weighted by atomic mass is 32.2. The number of hydrogen-bond donors (Lipinski definition) is 4. The molecular weight excluding hydrogens is 344 g/mol. The summed E-state index contributed by atoms with van der Waals surface area (Å²) >= 11 is 1.10. The van der Waals surface area contributed by atoms with Crippen molar-refractivity contribution in [3.8, 4) is 0 Å². The first-order chi connectivity index (χ1) is 11.5. The number of carbonyl (C=O) groups excluding carboxylic acids is 1. The first-order valence-corrected chi connectivity index (χ1v) is 9.83. The molecule has 3 aliphatic carbocycles. The zero-order chi connectivity index (χ0) is 18.6. The van der Waals surface area contributed by atoms with Crippen LogP contribution in [0.5, 0.6) is 0 Å². The Balaban J connectivity index is 1.86. The molecule has 1 heterocycles. The van der Waals surface area contributed by atoms with Crippen LogP contribution in [0.25, 0.3) is 0 Å². The Morgan fingerprint density at radius 1 is 1.24 bits per heavy atom. The van der Waals surface area contributed by atoms with Gasteiger partial charge in [-0.05, 0) is 30.1 Å². The van der Waals surface area contributed by atoms with Crippen molar-refractivity contribution >= 4 is 17.7 Å². The van der Waals surface area contributed by atoms with Crippen LogP contribution in [0.3, 0.4) is 0 Å². The minimum atomic E-state index is -1.67. The molecule has 9 atom stereocenters. The molecule has 4 fully saturated rings. The fourth-order valence-corrected chi connectivity index (χ4v) is 9.07. The molecule has 1 saturated heterocycles. The predicted molar refractivity (Wildman–Crippen MR) is 91.8 cm³/mol. The highest BCUT2D eigenvalue weighted by Gasteiger charge is 2.87. The summed E-state index contributed by atoms with van der Waals surface area (Å²) < 4.78 is 3.79. The number of aliphatic hydroxyl groups excluding tert-OH is 3. The molecule has 0 aromatic heterocycles. The standard InChI is InChI=1S/C18H28O6S/c1-15(2)5-8-9(6-15)16(3)13-17(7-19,10(8)20)25-11(12(21)24-4)18(13,23)14(16)22/h8-11,13-14,19-20,22-23H,5-7H2,1-4H3/t8?,9?,10-,11-,13?,14-,16+,17-,18+/m0/s1. The highest BCUT2D eigenvalue weighted by Crippen LogP contribution is 2.79. The summed E-state index contributed by atoms with van der Waals surface area (Å²) in [6.45, 7) is 5.92. The molecule has 7 heteroatoms. The van der Waals surface area contributed by atoms with Gasteiger partial charge in [0.2, 0.25) is 0 Å².